The van der Waals surface area contributed by atoms with Crippen LogP contribution in [-0.4, -0.2) is 4.98 Å². The Hall–Kier alpha value is -1.04. The molecule has 0 amide bonds. The van der Waals surface area contributed by atoms with Crippen molar-refractivity contribution in [3.8, 4) is 11.3 Å². The summed E-state index contributed by atoms with van der Waals surface area (Å²) >= 11 is 1.98. The van der Waals surface area contributed by atoms with E-state index in [-0.39, 0.29) is 11.6 Å². The van der Waals surface area contributed by atoms with Crippen molar-refractivity contribution < 1.29 is 8.78 Å². The number of pyridine rings is 1. The number of hydrogen-bond acceptors (Lipinski definition) is 1. The van der Waals surface area contributed by atoms with Gasteiger partial charge in [-0.1, -0.05) is 12.1 Å². The van der Waals surface area contributed by atoms with Gasteiger partial charge in [0.2, 0.25) is 0 Å². The molecule has 0 atom stereocenters. The first-order valence-electron chi connectivity index (χ1n) is 4.24. The van der Waals surface area contributed by atoms with Crippen molar-refractivity contribution in [2.75, 3.05) is 0 Å². The highest BCUT2D eigenvalue weighted by atomic mass is 127. The molecule has 1 aromatic heterocycles. The second kappa shape index (κ2) is 4.22. The number of benzene rings is 1. The minimum Gasteiger partial charge on any atom is -0.252 e. The van der Waals surface area contributed by atoms with Crippen molar-refractivity contribution in [2.45, 2.75) is 0 Å². The second-order valence-corrected chi connectivity index (χ2v) is 4.16. The molecule has 0 N–H and O–H groups in total. The summed E-state index contributed by atoms with van der Waals surface area (Å²) in [5, 5.41) is 0. The number of hydrogen-bond donors (Lipinski definition) is 0. The van der Waals surface area contributed by atoms with E-state index >= 15 is 0 Å². The Labute approximate surface area is 99.3 Å². The molecule has 0 bridgehead atoms. The molecule has 0 unspecified atom stereocenters. The number of nitrogens with zero attached hydrogens (tertiary/aromatic N) is 1. The number of aromatic nitrogens is 1. The normalized spacial score (nSPS) is 10.3. The van der Waals surface area contributed by atoms with Gasteiger partial charge in [0.25, 0.3) is 0 Å². The van der Waals surface area contributed by atoms with Crippen molar-refractivity contribution in [1.82, 2.24) is 4.98 Å². The lowest BCUT2D eigenvalue weighted by atomic mass is 10.1. The van der Waals surface area contributed by atoms with Gasteiger partial charge in [-0.3, -0.25) is 4.98 Å². The van der Waals surface area contributed by atoms with Crippen LogP contribution >= 0.6 is 22.6 Å². The molecule has 15 heavy (non-hydrogen) atoms. The minimum atomic E-state index is -0.389. The van der Waals surface area contributed by atoms with Crippen LogP contribution in [0, 0.1) is 15.2 Å². The monoisotopic (exact) mass is 317 g/mol. The Kier molecular flexibility index (Phi) is 2.95. The van der Waals surface area contributed by atoms with Gasteiger partial charge in [-0.05, 0) is 40.8 Å². The summed E-state index contributed by atoms with van der Waals surface area (Å²) in [6, 6.07) is 7.45. The highest BCUT2D eigenvalue weighted by Crippen LogP contribution is 2.23. The fourth-order valence-electron chi connectivity index (χ4n) is 1.26. The molecule has 0 aliphatic heterocycles. The van der Waals surface area contributed by atoms with Gasteiger partial charge in [0, 0.05) is 9.13 Å². The molecule has 0 saturated carbocycles. The number of halogens is 3. The third-order valence-electron chi connectivity index (χ3n) is 1.91. The molecule has 76 valence electrons. The van der Waals surface area contributed by atoms with Gasteiger partial charge >= 0.3 is 0 Å². The molecular formula is C11H6F2IN. The SMILES string of the molecule is Fc1cccc(-c2ncc(F)cc2I)c1. The quantitative estimate of drug-likeness (QED) is 0.732. The maximum atomic E-state index is 13.0. The first kappa shape index (κ1) is 10.5. The molecule has 4 heteroatoms. The molecule has 0 aliphatic rings. The summed E-state index contributed by atoms with van der Waals surface area (Å²) in [5.41, 5.74) is 1.25. The lowest BCUT2D eigenvalue weighted by Gasteiger charge is -2.03. The van der Waals surface area contributed by atoms with E-state index in [9.17, 15) is 8.78 Å². The third-order valence-corrected chi connectivity index (χ3v) is 2.73. The largest absolute Gasteiger partial charge is 0.252 e. The molecule has 1 nitrogen and oxygen atoms in total. The summed E-state index contributed by atoms with van der Waals surface area (Å²) in [5.74, 6) is -0.714. The Morgan fingerprint density at radius 2 is 1.87 bits per heavy atom. The van der Waals surface area contributed by atoms with Crippen LogP contribution in [0.25, 0.3) is 11.3 Å². The zero-order valence-corrected chi connectivity index (χ0v) is 9.70. The molecule has 1 heterocycles. The predicted molar refractivity (Wildman–Crippen MR) is 62.3 cm³/mol. The van der Waals surface area contributed by atoms with Crippen LogP contribution in [0.15, 0.2) is 36.5 Å². The highest BCUT2D eigenvalue weighted by Gasteiger charge is 2.06. The molecule has 0 saturated heterocycles. The van der Waals surface area contributed by atoms with Crippen LogP contribution in [0.3, 0.4) is 0 Å². The van der Waals surface area contributed by atoms with Crippen LogP contribution in [0.4, 0.5) is 8.78 Å². The second-order valence-electron chi connectivity index (χ2n) is 2.99. The van der Waals surface area contributed by atoms with Crippen molar-refractivity contribution in [1.29, 1.82) is 0 Å². The van der Waals surface area contributed by atoms with Crippen molar-refractivity contribution in [3.63, 3.8) is 0 Å². The maximum absolute atomic E-state index is 13.0. The van der Waals surface area contributed by atoms with Gasteiger partial charge in [-0.15, -0.1) is 0 Å². The fraction of sp³-hybridized carbons (Fsp3) is 0. The molecule has 2 rings (SSSR count). The van der Waals surface area contributed by atoms with E-state index in [1.165, 1.54) is 18.2 Å². The van der Waals surface area contributed by atoms with Crippen LogP contribution < -0.4 is 0 Å². The van der Waals surface area contributed by atoms with Crippen LogP contribution in [0.2, 0.25) is 0 Å². The Balaban J connectivity index is 2.54. The van der Waals surface area contributed by atoms with E-state index in [1.807, 2.05) is 22.6 Å². The maximum Gasteiger partial charge on any atom is 0.142 e. The van der Waals surface area contributed by atoms with E-state index < -0.39 is 0 Å². The summed E-state index contributed by atoms with van der Waals surface area (Å²) in [7, 11) is 0. The lowest BCUT2D eigenvalue weighted by Crippen LogP contribution is -1.90. The van der Waals surface area contributed by atoms with E-state index in [1.54, 1.807) is 12.1 Å². The van der Waals surface area contributed by atoms with Crippen molar-refractivity contribution in [2.24, 2.45) is 0 Å². The molecule has 0 fully saturated rings. The summed E-state index contributed by atoms with van der Waals surface area (Å²) < 4.78 is 26.4. The Morgan fingerprint density at radius 1 is 1.07 bits per heavy atom. The average Bonchev–Trinajstić information content (AvgIpc) is 2.17. The topological polar surface area (TPSA) is 12.9 Å². The van der Waals surface area contributed by atoms with Gasteiger partial charge in [0.15, 0.2) is 0 Å². The van der Waals surface area contributed by atoms with E-state index in [0.29, 0.717) is 14.8 Å². The van der Waals surface area contributed by atoms with Gasteiger partial charge in [0.05, 0.1) is 11.9 Å². The summed E-state index contributed by atoms with van der Waals surface area (Å²) in [4.78, 5) is 3.94. The zero-order valence-electron chi connectivity index (χ0n) is 7.55. The molecule has 2 aromatic rings. The van der Waals surface area contributed by atoms with Crippen LogP contribution in [-0.2, 0) is 0 Å². The molecular weight excluding hydrogens is 311 g/mol. The summed E-state index contributed by atoms with van der Waals surface area (Å²) in [6.07, 6.45) is 1.13. The first-order chi connectivity index (χ1) is 7.16. The van der Waals surface area contributed by atoms with Gasteiger partial charge in [-0.25, -0.2) is 8.78 Å². The minimum absolute atomic E-state index is 0.325. The average molecular weight is 317 g/mol. The van der Waals surface area contributed by atoms with Gasteiger partial charge in [-0.2, -0.15) is 0 Å². The molecule has 0 aliphatic carbocycles. The fourth-order valence-corrected chi connectivity index (χ4v) is 2.01. The summed E-state index contributed by atoms with van der Waals surface area (Å²) in [6.45, 7) is 0. The highest BCUT2D eigenvalue weighted by molar-refractivity contribution is 14.1. The Bertz CT molecular complexity index is 500. The van der Waals surface area contributed by atoms with Crippen molar-refractivity contribution in [3.05, 3.63) is 51.7 Å². The Morgan fingerprint density at radius 3 is 2.53 bits per heavy atom. The van der Waals surface area contributed by atoms with E-state index in [4.69, 9.17) is 0 Å². The van der Waals surface area contributed by atoms with E-state index in [2.05, 4.69) is 4.98 Å². The van der Waals surface area contributed by atoms with Gasteiger partial charge in [0.1, 0.15) is 11.6 Å². The number of rotatable bonds is 1. The van der Waals surface area contributed by atoms with Crippen molar-refractivity contribution >= 4 is 22.6 Å². The lowest BCUT2D eigenvalue weighted by molar-refractivity contribution is 0.620. The predicted octanol–water partition coefficient (Wildman–Crippen LogP) is 3.63. The molecule has 1 aromatic carbocycles. The molecule has 0 radical (unpaired) electrons. The standard InChI is InChI=1S/C11H6F2IN/c12-8-3-1-2-7(4-8)11-10(14)5-9(13)6-15-11/h1-6H. The zero-order chi connectivity index (χ0) is 10.8. The molecule has 0 spiro atoms. The smallest absolute Gasteiger partial charge is 0.142 e. The van der Waals surface area contributed by atoms with Crippen LogP contribution in [0.5, 0.6) is 0 Å². The first-order valence-corrected chi connectivity index (χ1v) is 5.31. The van der Waals surface area contributed by atoms with E-state index in [0.717, 1.165) is 6.20 Å². The van der Waals surface area contributed by atoms with Crippen LogP contribution in [0.1, 0.15) is 0 Å². The third kappa shape index (κ3) is 2.31. The van der Waals surface area contributed by atoms with Gasteiger partial charge < -0.3 is 0 Å².